The van der Waals surface area contributed by atoms with Crippen molar-refractivity contribution in [3.8, 4) is 11.5 Å². The van der Waals surface area contributed by atoms with Crippen LogP contribution in [0.2, 0.25) is 0 Å². The fraction of sp³-hybridized carbons (Fsp3) is 0.125. The van der Waals surface area contributed by atoms with Gasteiger partial charge in [-0.15, -0.1) is 0 Å². The number of rotatable bonds is 5. The number of aliphatic hydroxyl groups is 1. The van der Waals surface area contributed by atoms with E-state index in [0.29, 0.717) is 28.4 Å². The van der Waals surface area contributed by atoms with Crippen LogP contribution in [0.3, 0.4) is 0 Å². The van der Waals surface area contributed by atoms with Gasteiger partial charge in [0, 0.05) is 17.4 Å². The highest BCUT2D eigenvalue weighted by atomic mass is 16.5. The molecule has 0 saturated carbocycles. The van der Waals surface area contributed by atoms with Crippen molar-refractivity contribution in [2.24, 2.45) is 0 Å². The molecule has 7 nitrogen and oxygen atoms in total. The van der Waals surface area contributed by atoms with Crippen LogP contribution in [0.15, 0.2) is 78.5 Å². The van der Waals surface area contributed by atoms with E-state index in [-0.39, 0.29) is 11.3 Å². The Kier molecular flexibility index (Phi) is 5.41. The standard InChI is InChI=1S/C24H20N2O5/c1-30-18-12-11-15(14-19(18)31-2)22(27)20-21(17-10-6-7-13-25-17)26(24(29)23(20)28)16-8-4-3-5-9-16/h3-14,21,27H,1-2H3/b22-20-. The molecule has 1 amide bonds. The SMILES string of the molecule is COc1ccc(/C(O)=C2/C(=O)C(=O)N(c3ccccc3)C2c2ccccn2)cc1OC. The third-order valence-corrected chi connectivity index (χ3v) is 5.10. The number of para-hydroxylation sites is 1. The van der Waals surface area contributed by atoms with Crippen LogP contribution >= 0.6 is 0 Å². The van der Waals surface area contributed by atoms with Gasteiger partial charge in [0.25, 0.3) is 11.7 Å². The van der Waals surface area contributed by atoms with Gasteiger partial charge in [-0.1, -0.05) is 24.3 Å². The summed E-state index contributed by atoms with van der Waals surface area (Å²) in [7, 11) is 2.98. The maximum absolute atomic E-state index is 13.1. The number of ether oxygens (including phenoxy) is 2. The van der Waals surface area contributed by atoms with E-state index < -0.39 is 17.7 Å². The van der Waals surface area contributed by atoms with Gasteiger partial charge in [-0.05, 0) is 42.5 Å². The maximum atomic E-state index is 13.1. The molecular formula is C24H20N2O5. The first kappa shape index (κ1) is 20.2. The second kappa shape index (κ2) is 8.31. The average molecular weight is 416 g/mol. The molecule has 1 aliphatic heterocycles. The minimum absolute atomic E-state index is 0.0419. The number of carbonyl (C=O) groups is 2. The lowest BCUT2D eigenvalue weighted by atomic mass is 9.98. The van der Waals surface area contributed by atoms with Gasteiger partial charge in [-0.25, -0.2) is 0 Å². The lowest BCUT2D eigenvalue weighted by Gasteiger charge is -2.24. The van der Waals surface area contributed by atoms with E-state index in [4.69, 9.17) is 9.47 Å². The van der Waals surface area contributed by atoms with Crippen LogP contribution in [0.4, 0.5) is 5.69 Å². The van der Waals surface area contributed by atoms with Crippen molar-refractivity contribution in [3.05, 3.63) is 89.8 Å². The number of amides is 1. The van der Waals surface area contributed by atoms with Gasteiger partial charge in [0.1, 0.15) is 11.8 Å². The first-order valence-corrected chi connectivity index (χ1v) is 9.56. The molecule has 1 fully saturated rings. The van der Waals surface area contributed by atoms with E-state index in [1.54, 1.807) is 66.9 Å². The van der Waals surface area contributed by atoms with Gasteiger partial charge in [-0.2, -0.15) is 0 Å². The number of hydrogen-bond acceptors (Lipinski definition) is 6. The number of carbonyl (C=O) groups excluding carboxylic acids is 2. The summed E-state index contributed by atoms with van der Waals surface area (Å²) in [5, 5.41) is 11.1. The third kappa shape index (κ3) is 3.50. The summed E-state index contributed by atoms with van der Waals surface area (Å²) < 4.78 is 10.5. The van der Waals surface area contributed by atoms with Crippen LogP contribution in [-0.2, 0) is 9.59 Å². The van der Waals surface area contributed by atoms with Gasteiger partial charge in [-0.3, -0.25) is 19.5 Å². The minimum atomic E-state index is -0.878. The summed E-state index contributed by atoms with van der Waals surface area (Å²) in [6, 6.07) is 18.0. The summed E-state index contributed by atoms with van der Waals surface area (Å²) in [6.07, 6.45) is 1.58. The maximum Gasteiger partial charge on any atom is 0.300 e. The van der Waals surface area contributed by atoms with Crippen LogP contribution in [0, 0.1) is 0 Å². The molecule has 0 spiro atoms. The second-order valence-corrected chi connectivity index (χ2v) is 6.83. The average Bonchev–Trinajstić information content (AvgIpc) is 3.09. The molecule has 2 aromatic carbocycles. The number of aliphatic hydroxyl groups excluding tert-OH is 1. The molecule has 1 saturated heterocycles. The normalized spacial score (nSPS) is 17.6. The van der Waals surface area contributed by atoms with Gasteiger partial charge >= 0.3 is 0 Å². The Balaban J connectivity index is 1.93. The lowest BCUT2D eigenvalue weighted by Crippen LogP contribution is -2.29. The van der Waals surface area contributed by atoms with Crippen LogP contribution in [0.25, 0.3) is 5.76 Å². The van der Waals surface area contributed by atoms with E-state index in [9.17, 15) is 14.7 Å². The van der Waals surface area contributed by atoms with Crippen molar-refractivity contribution in [2.45, 2.75) is 6.04 Å². The van der Waals surface area contributed by atoms with Crippen molar-refractivity contribution in [2.75, 3.05) is 19.1 Å². The predicted molar refractivity (Wildman–Crippen MR) is 115 cm³/mol. The number of hydrogen-bond donors (Lipinski definition) is 1. The van der Waals surface area contributed by atoms with Crippen molar-refractivity contribution >= 4 is 23.1 Å². The van der Waals surface area contributed by atoms with Gasteiger partial charge in [0.05, 0.1) is 25.5 Å². The van der Waals surface area contributed by atoms with Gasteiger partial charge < -0.3 is 14.6 Å². The fourth-order valence-corrected chi connectivity index (χ4v) is 3.64. The Hall–Kier alpha value is -4.13. The highest BCUT2D eigenvalue weighted by Crippen LogP contribution is 2.42. The largest absolute Gasteiger partial charge is 0.507 e. The second-order valence-electron chi connectivity index (χ2n) is 6.83. The number of aromatic nitrogens is 1. The molecule has 1 unspecified atom stereocenters. The topological polar surface area (TPSA) is 89.0 Å². The molecule has 1 N–H and O–H groups in total. The molecular weight excluding hydrogens is 396 g/mol. The van der Waals surface area contributed by atoms with Gasteiger partial charge in [0.2, 0.25) is 0 Å². The Morgan fingerprint density at radius 1 is 0.935 bits per heavy atom. The van der Waals surface area contributed by atoms with E-state index in [0.717, 1.165) is 0 Å². The molecule has 2 heterocycles. The van der Waals surface area contributed by atoms with E-state index in [1.165, 1.54) is 19.1 Å². The minimum Gasteiger partial charge on any atom is -0.507 e. The summed E-state index contributed by atoms with van der Waals surface area (Å²) in [5.41, 5.74) is 1.28. The Morgan fingerprint density at radius 2 is 1.65 bits per heavy atom. The van der Waals surface area contributed by atoms with E-state index >= 15 is 0 Å². The first-order chi connectivity index (χ1) is 15.1. The molecule has 7 heteroatoms. The van der Waals surface area contributed by atoms with Crippen LogP contribution in [0.5, 0.6) is 11.5 Å². The summed E-state index contributed by atoms with van der Waals surface area (Å²) >= 11 is 0. The summed E-state index contributed by atoms with van der Waals surface area (Å²) in [5.74, 6) is -0.965. The highest BCUT2D eigenvalue weighted by Gasteiger charge is 2.47. The third-order valence-electron chi connectivity index (χ3n) is 5.10. The molecule has 3 aromatic rings. The van der Waals surface area contributed by atoms with Gasteiger partial charge in [0.15, 0.2) is 11.5 Å². The number of ketones is 1. The number of anilines is 1. The monoisotopic (exact) mass is 416 g/mol. The van der Waals surface area contributed by atoms with Crippen LogP contribution < -0.4 is 14.4 Å². The first-order valence-electron chi connectivity index (χ1n) is 9.56. The lowest BCUT2D eigenvalue weighted by molar-refractivity contribution is -0.132. The number of nitrogens with zero attached hydrogens (tertiary/aromatic N) is 2. The zero-order valence-electron chi connectivity index (χ0n) is 17.0. The molecule has 1 atom stereocenters. The van der Waals surface area contributed by atoms with E-state index in [2.05, 4.69) is 4.98 Å². The van der Waals surface area contributed by atoms with Crippen LogP contribution in [0.1, 0.15) is 17.3 Å². The predicted octanol–water partition coefficient (Wildman–Crippen LogP) is 3.73. The molecule has 31 heavy (non-hydrogen) atoms. The number of pyridine rings is 1. The molecule has 4 rings (SSSR count). The van der Waals surface area contributed by atoms with Crippen molar-refractivity contribution < 1.29 is 24.2 Å². The highest BCUT2D eigenvalue weighted by molar-refractivity contribution is 6.51. The van der Waals surface area contributed by atoms with Crippen molar-refractivity contribution in [3.63, 3.8) is 0 Å². The Bertz CT molecular complexity index is 1160. The summed E-state index contributed by atoms with van der Waals surface area (Å²) in [6.45, 7) is 0. The van der Waals surface area contributed by atoms with E-state index in [1.807, 2.05) is 6.07 Å². The Morgan fingerprint density at radius 3 is 2.29 bits per heavy atom. The smallest absolute Gasteiger partial charge is 0.300 e. The quantitative estimate of drug-likeness (QED) is 0.387. The van der Waals surface area contributed by atoms with Crippen molar-refractivity contribution in [1.82, 2.24) is 4.98 Å². The summed E-state index contributed by atoms with van der Waals surface area (Å²) in [4.78, 5) is 31.8. The van der Waals surface area contributed by atoms with Crippen LogP contribution in [-0.4, -0.2) is 36.0 Å². The van der Waals surface area contributed by atoms with Crippen molar-refractivity contribution in [1.29, 1.82) is 0 Å². The zero-order chi connectivity index (χ0) is 22.0. The molecule has 0 radical (unpaired) electrons. The molecule has 1 aromatic heterocycles. The molecule has 0 aliphatic carbocycles. The fourth-order valence-electron chi connectivity index (χ4n) is 3.64. The zero-order valence-corrected chi connectivity index (χ0v) is 17.0. The molecule has 156 valence electrons. The number of methoxy groups -OCH3 is 2. The number of Topliss-reactive ketones (excluding diaryl/α,β-unsaturated/α-hetero) is 1. The number of benzene rings is 2. The Labute approximate surface area is 179 Å². The molecule has 1 aliphatic rings. The molecule has 0 bridgehead atoms.